The largest absolute Gasteiger partial charge is 0.449 e. The highest BCUT2D eigenvalue weighted by Gasteiger charge is 2.27. The summed E-state index contributed by atoms with van der Waals surface area (Å²) in [5.74, 6) is 1.20. The maximum Gasteiger partial charge on any atom is 0.293 e. The van der Waals surface area contributed by atoms with Crippen LogP contribution in [-0.4, -0.2) is 24.9 Å². The summed E-state index contributed by atoms with van der Waals surface area (Å²) in [5.41, 5.74) is 2.19. The first-order valence-electron chi connectivity index (χ1n) is 10.2. The standard InChI is InChI=1S/C24H26N2O3/c1-16-7-3-4-8-19(16)25-23(27)18-13-11-17(12-14-18)15-22-24(28)26(2)20-9-5-6-10-21(20)29-22/h5-6,9-16,19H,3-4,7-8H2,1-2H3,(H,25,27)/b22-15-/t16-,19-/m0/s1. The van der Waals surface area contributed by atoms with Gasteiger partial charge in [-0.05, 0) is 54.7 Å². The van der Waals surface area contributed by atoms with E-state index in [0.29, 0.717) is 17.2 Å². The molecule has 1 aliphatic carbocycles. The van der Waals surface area contributed by atoms with Crippen LogP contribution in [-0.2, 0) is 4.79 Å². The van der Waals surface area contributed by atoms with Gasteiger partial charge in [-0.25, -0.2) is 0 Å². The van der Waals surface area contributed by atoms with Crippen LogP contribution in [0.1, 0.15) is 48.5 Å². The first kappa shape index (κ1) is 19.2. The van der Waals surface area contributed by atoms with Crippen molar-refractivity contribution < 1.29 is 14.3 Å². The number of anilines is 1. The van der Waals surface area contributed by atoms with E-state index in [2.05, 4.69) is 12.2 Å². The van der Waals surface area contributed by atoms with Crippen LogP contribution in [0.25, 0.3) is 6.08 Å². The number of likely N-dealkylation sites (N-methyl/N-ethyl adjacent to an activating group) is 1. The summed E-state index contributed by atoms with van der Waals surface area (Å²) < 4.78 is 5.80. The predicted octanol–water partition coefficient (Wildman–Crippen LogP) is 4.39. The average Bonchev–Trinajstić information content (AvgIpc) is 2.74. The van der Waals surface area contributed by atoms with E-state index in [4.69, 9.17) is 4.74 Å². The van der Waals surface area contributed by atoms with Crippen molar-refractivity contribution in [2.75, 3.05) is 11.9 Å². The third-order valence-electron chi connectivity index (χ3n) is 5.86. The number of para-hydroxylation sites is 2. The van der Waals surface area contributed by atoms with E-state index >= 15 is 0 Å². The Hall–Kier alpha value is -3.08. The zero-order valence-electron chi connectivity index (χ0n) is 16.9. The fraction of sp³-hybridized carbons (Fsp3) is 0.333. The molecular formula is C24H26N2O3. The Morgan fingerprint density at radius 3 is 2.59 bits per heavy atom. The molecule has 2 aromatic carbocycles. The topological polar surface area (TPSA) is 58.6 Å². The van der Waals surface area contributed by atoms with E-state index in [-0.39, 0.29) is 23.6 Å². The van der Waals surface area contributed by atoms with Crippen LogP contribution in [0, 0.1) is 5.92 Å². The minimum atomic E-state index is -0.197. The van der Waals surface area contributed by atoms with Crippen LogP contribution in [0.15, 0.2) is 54.3 Å². The quantitative estimate of drug-likeness (QED) is 0.791. The third-order valence-corrected chi connectivity index (χ3v) is 5.86. The highest BCUT2D eigenvalue weighted by molar-refractivity contribution is 6.09. The molecular weight excluding hydrogens is 364 g/mol. The van der Waals surface area contributed by atoms with Gasteiger partial charge in [-0.3, -0.25) is 9.59 Å². The maximum atomic E-state index is 12.6. The zero-order chi connectivity index (χ0) is 20.4. The molecule has 5 nitrogen and oxygen atoms in total. The van der Waals surface area contributed by atoms with Crippen molar-refractivity contribution in [1.29, 1.82) is 0 Å². The van der Waals surface area contributed by atoms with Gasteiger partial charge in [0.15, 0.2) is 11.5 Å². The summed E-state index contributed by atoms with van der Waals surface area (Å²) in [7, 11) is 1.73. The second-order valence-corrected chi connectivity index (χ2v) is 7.91. The van der Waals surface area contributed by atoms with E-state index in [1.54, 1.807) is 30.2 Å². The number of nitrogens with one attached hydrogen (secondary N) is 1. The van der Waals surface area contributed by atoms with Crippen molar-refractivity contribution in [2.24, 2.45) is 5.92 Å². The molecule has 2 amide bonds. The van der Waals surface area contributed by atoms with Gasteiger partial charge in [-0.1, -0.05) is 44.0 Å². The number of carbonyl (C=O) groups is 2. The van der Waals surface area contributed by atoms with E-state index in [9.17, 15) is 9.59 Å². The lowest BCUT2D eigenvalue weighted by atomic mass is 9.86. The molecule has 0 aromatic heterocycles. The van der Waals surface area contributed by atoms with Crippen LogP contribution in [0.5, 0.6) is 5.75 Å². The van der Waals surface area contributed by atoms with Gasteiger partial charge in [0.05, 0.1) is 5.69 Å². The van der Waals surface area contributed by atoms with Crippen LogP contribution in [0.4, 0.5) is 5.69 Å². The van der Waals surface area contributed by atoms with Gasteiger partial charge in [0.1, 0.15) is 0 Å². The van der Waals surface area contributed by atoms with Crippen LogP contribution < -0.4 is 15.0 Å². The van der Waals surface area contributed by atoms with Gasteiger partial charge in [-0.15, -0.1) is 0 Å². The Morgan fingerprint density at radius 1 is 1.10 bits per heavy atom. The van der Waals surface area contributed by atoms with Gasteiger partial charge in [0.25, 0.3) is 11.8 Å². The summed E-state index contributed by atoms with van der Waals surface area (Å²) in [6, 6.07) is 14.9. The van der Waals surface area contributed by atoms with Crippen molar-refractivity contribution >= 4 is 23.6 Å². The minimum Gasteiger partial charge on any atom is -0.449 e. The molecule has 150 valence electrons. The fourth-order valence-corrected chi connectivity index (χ4v) is 4.01. The number of amides is 2. The maximum absolute atomic E-state index is 12.6. The lowest BCUT2D eigenvalue weighted by molar-refractivity contribution is -0.117. The number of carbonyl (C=O) groups excluding carboxylic acids is 2. The highest BCUT2D eigenvalue weighted by Crippen LogP contribution is 2.34. The molecule has 0 spiro atoms. The Bertz CT molecular complexity index is 949. The number of hydrogen-bond acceptors (Lipinski definition) is 3. The van der Waals surface area contributed by atoms with E-state index in [1.165, 1.54) is 19.3 Å². The second-order valence-electron chi connectivity index (χ2n) is 7.91. The molecule has 0 radical (unpaired) electrons. The van der Waals surface area contributed by atoms with Crippen molar-refractivity contribution in [3.8, 4) is 5.75 Å². The normalized spacial score (nSPS) is 22.8. The molecule has 0 bridgehead atoms. The smallest absolute Gasteiger partial charge is 0.293 e. The predicted molar refractivity (Wildman–Crippen MR) is 114 cm³/mol. The number of ether oxygens (including phenoxy) is 1. The lowest BCUT2D eigenvalue weighted by Gasteiger charge is -2.29. The molecule has 5 heteroatoms. The molecule has 1 fully saturated rings. The van der Waals surface area contributed by atoms with Crippen molar-refractivity contribution in [3.63, 3.8) is 0 Å². The number of rotatable bonds is 3. The molecule has 0 saturated heterocycles. The zero-order valence-corrected chi connectivity index (χ0v) is 16.9. The summed E-state index contributed by atoms with van der Waals surface area (Å²) in [6.45, 7) is 2.20. The number of fused-ring (bicyclic) bond motifs is 1. The molecule has 0 unspecified atom stereocenters. The van der Waals surface area contributed by atoms with E-state index in [0.717, 1.165) is 17.7 Å². The molecule has 4 rings (SSSR count). The number of hydrogen-bond donors (Lipinski definition) is 1. The summed E-state index contributed by atoms with van der Waals surface area (Å²) in [5, 5.41) is 3.17. The van der Waals surface area contributed by atoms with Gasteiger partial charge < -0.3 is 15.0 Å². The SMILES string of the molecule is C[C@H]1CCCC[C@@H]1NC(=O)c1ccc(/C=C2\Oc3ccccc3N(C)C2=O)cc1. The minimum absolute atomic E-state index is 0.0402. The van der Waals surface area contributed by atoms with Crippen molar-refractivity contribution in [2.45, 2.75) is 38.6 Å². The van der Waals surface area contributed by atoms with E-state index < -0.39 is 0 Å². The van der Waals surface area contributed by atoms with Gasteiger partial charge >= 0.3 is 0 Å². The molecule has 1 N–H and O–H groups in total. The van der Waals surface area contributed by atoms with Crippen LogP contribution in [0.3, 0.4) is 0 Å². The summed E-state index contributed by atoms with van der Waals surface area (Å²) in [4.78, 5) is 26.7. The Morgan fingerprint density at radius 2 is 1.83 bits per heavy atom. The van der Waals surface area contributed by atoms with E-state index in [1.807, 2.05) is 36.4 Å². The third kappa shape index (κ3) is 4.04. The fourth-order valence-electron chi connectivity index (χ4n) is 4.01. The molecule has 1 aliphatic heterocycles. The van der Waals surface area contributed by atoms with Gasteiger partial charge in [0.2, 0.25) is 0 Å². The Kier molecular flexibility index (Phi) is 5.38. The van der Waals surface area contributed by atoms with Crippen LogP contribution >= 0.6 is 0 Å². The monoisotopic (exact) mass is 390 g/mol. The van der Waals surface area contributed by atoms with Crippen molar-refractivity contribution in [3.05, 3.63) is 65.4 Å². The average molecular weight is 390 g/mol. The molecule has 2 aromatic rings. The summed E-state index contributed by atoms with van der Waals surface area (Å²) in [6.07, 6.45) is 6.35. The van der Waals surface area contributed by atoms with Crippen LogP contribution in [0.2, 0.25) is 0 Å². The number of nitrogens with zero attached hydrogens (tertiary/aromatic N) is 1. The molecule has 1 saturated carbocycles. The number of benzene rings is 2. The molecule has 2 aliphatic rings. The van der Waals surface area contributed by atoms with Gasteiger partial charge in [0, 0.05) is 18.7 Å². The first-order chi connectivity index (χ1) is 14.0. The molecule has 2 atom stereocenters. The van der Waals surface area contributed by atoms with Crippen molar-refractivity contribution in [1.82, 2.24) is 5.32 Å². The molecule has 29 heavy (non-hydrogen) atoms. The molecule has 1 heterocycles. The highest BCUT2D eigenvalue weighted by atomic mass is 16.5. The first-order valence-corrected chi connectivity index (χ1v) is 10.2. The Labute approximate surface area is 171 Å². The second kappa shape index (κ2) is 8.11. The Balaban J connectivity index is 1.48. The van der Waals surface area contributed by atoms with Gasteiger partial charge in [-0.2, -0.15) is 0 Å². The summed E-state index contributed by atoms with van der Waals surface area (Å²) >= 11 is 0. The lowest BCUT2D eigenvalue weighted by Crippen LogP contribution is -2.41.